The Hall–Kier alpha value is -1.13. The number of methoxy groups -OCH3 is 1. The summed E-state index contributed by atoms with van der Waals surface area (Å²) in [6.45, 7) is 6.19. The van der Waals surface area contributed by atoms with E-state index in [1.54, 1.807) is 12.1 Å². The summed E-state index contributed by atoms with van der Waals surface area (Å²) < 4.78 is 18.2. The molecule has 1 aromatic carbocycles. The lowest BCUT2D eigenvalue weighted by molar-refractivity contribution is 0.274. The molecule has 1 atom stereocenters. The van der Waals surface area contributed by atoms with E-state index >= 15 is 0 Å². The zero-order chi connectivity index (χ0) is 12.3. The molecule has 1 unspecified atom stereocenters. The standard InChI is InChI=1S/C12H19FN2O/c1-12(2,3)11(15-14)8-5-6-9(13)10(7-8)16-4/h5-7,11,15H,14H2,1-4H3. The van der Waals surface area contributed by atoms with Gasteiger partial charge in [-0.1, -0.05) is 26.8 Å². The minimum Gasteiger partial charge on any atom is -0.494 e. The maximum Gasteiger partial charge on any atom is 0.165 e. The predicted octanol–water partition coefficient (Wildman–Crippen LogP) is 2.38. The van der Waals surface area contributed by atoms with Gasteiger partial charge in [0, 0.05) is 0 Å². The molecular weight excluding hydrogens is 207 g/mol. The average molecular weight is 226 g/mol. The summed E-state index contributed by atoms with van der Waals surface area (Å²) in [5.41, 5.74) is 3.60. The van der Waals surface area contributed by atoms with Crippen LogP contribution in [0.5, 0.6) is 5.75 Å². The van der Waals surface area contributed by atoms with Crippen LogP contribution in [0.25, 0.3) is 0 Å². The highest BCUT2D eigenvalue weighted by atomic mass is 19.1. The number of hydrogen-bond acceptors (Lipinski definition) is 3. The van der Waals surface area contributed by atoms with Crippen LogP contribution in [0.2, 0.25) is 0 Å². The van der Waals surface area contributed by atoms with Crippen molar-refractivity contribution in [3.63, 3.8) is 0 Å². The van der Waals surface area contributed by atoms with E-state index in [1.807, 2.05) is 0 Å². The molecule has 1 aromatic rings. The van der Waals surface area contributed by atoms with Gasteiger partial charge in [-0.2, -0.15) is 0 Å². The van der Waals surface area contributed by atoms with Gasteiger partial charge in [0.1, 0.15) is 0 Å². The summed E-state index contributed by atoms with van der Waals surface area (Å²) in [4.78, 5) is 0. The van der Waals surface area contributed by atoms with Gasteiger partial charge >= 0.3 is 0 Å². The van der Waals surface area contributed by atoms with Crippen molar-refractivity contribution < 1.29 is 9.13 Å². The second kappa shape index (κ2) is 4.80. The molecule has 1 rings (SSSR count). The van der Waals surface area contributed by atoms with E-state index in [0.717, 1.165) is 5.56 Å². The summed E-state index contributed by atoms with van der Waals surface area (Å²) >= 11 is 0. The van der Waals surface area contributed by atoms with Gasteiger partial charge in [-0.15, -0.1) is 0 Å². The fourth-order valence-corrected chi connectivity index (χ4v) is 1.70. The van der Waals surface area contributed by atoms with Crippen molar-refractivity contribution in [3.05, 3.63) is 29.6 Å². The number of nitrogens with one attached hydrogen (secondary N) is 1. The molecule has 0 fully saturated rings. The van der Waals surface area contributed by atoms with Crippen LogP contribution < -0.4 is 16.0 Å². The Labute approximate surface area is 95.8 Å². The van der Waals surface area contributed by atoms with E-state index in [0.29, 0.717) is 0 Å². The number of rotatable bonds is 3. The fourth-order valence-electron chi connectivity index (χ4n) is 1.70. The Balaban J connectivity index is 3.12. The monoisotopic (exact) mass is 226 g/mol. The highest BCUT2D eigenvalue weighted by Crippen LogP contribution is 2.34. The van der Waals surface area contributed by atoms with Crippen LogP contribution >= 0.6 is 0 Å². The normalized spacial score (nSPS) is 13.6. The molecule has 0 bridgehead atoms. The van der Waals surface area contributed by atoms with Gasteiger partial charge in [0.15, 0.2) is 11.6 Å². The van der Waals surface area contributed by atoms with Crippen LogP contribution in [0.15, 0.2) is 18.2 Å². The lowest BCUT2D eigenvalue weighted by Crippen LogP contribution is -2.36. The van der Waals surface area contributed by atoms with E-state index in [1.165, 1.54) is 13.2 Å². The fraction of sp³-hybridized carbons (Fsp3) is 0.500. The maximum atomic E-state index is 13.3. The molecule has 0 spiro atoms. The van der Waals surface area contributed by atoms with Gasteiger partial charge in [-0.25, -0.2) is 4.39 Å². The van der Waals surface area contributed by atoms with Crippen molar-refractivity contribution in [1.82, 2.24) is 5.43 Å². The van der Waals surface area contributed by atoms with Crippen molar-refractivity contribution in [2.75, 3.05) is 7.11 Å². The number of ether oxygens (including phenoxy) is 1. The first kappa shape index (κ1) is 12.9. The molecule has 3 nitrogen and oxygen atoms in total. The second-order valence-corrected chi connectivity index (χ2v) is 4.86. The molecule has 0 aliphatic heterocycles. The average Bonchev–Trinajstić information content (AvgIpc) is 2.19. The summed E-state index contributed by atoms with van der Waals surface area (Å²) in [7, 11) is 1.45. The third-order valence-electron chi connectivity index (χ3n) is 2.54. The second-order valence-electron chi connectivity index (χ2n) is 4.86. The van der Waals surface area contributed by atoms with E-state index < -0.39 is 0 Å². The topological polar surface area (TPSA) is 47.3 Å². The van der Waals surface area contributed by atoms with Crippen LogP contribution in [-0.4, -0.2) is 7.11 Å². The minimum atomic E-state index is -0.365. The first-order valence-corrected chi connectivity index (χ1v) is 5.19. The molecule has 0 aromatic heterocycles. The van der Waals surface area contributed by atoms with Gasteiger partial charge in [-0.05, 0) is 23.1 Å². The van der Waals surface area contributed by atoms with Crippen molar-refractivity contribution >= 4 is 0 Å². The highest BCUT2D eigenvalue weighted by molar-refractivity contribution is 5.32. The molecule has 0 saturated heterocycles. The van der Waals surface area contributed by atoms with Crippen molar-refractivity contribution in [2.45, 2.75) is 26.8 Å². The Kier molecular flexibility index (Phi) is 3.88. The minimum absolute atomic E-state index is 0.0537. The lowest BCUT2D eigenvalue weighted by atomic mass is 9.83. The number of hydrazine groups is 1. The summed E-state index contributed by atoms with van der Waals surface area (Å²) in [5.74, 6) is 5.41. The van der Waals surface area contributed by atoms with Crippen LogP contribution in [0, 0.1) is 11.2 Å². The first-order chi connectivity index (χ1) is 7.40. The largest absolute Gasteiger partial charge is 0.494 e. The molecule has 0 aliphatic rings. The Bertz CT molecular complexity index is 361. The summed E-state index contributed by atoms with van der Waals surface area (Å²) in [5, 5.41) is 0. The van der Waals surface area contributed by atoms with Crippen molar-refractivity contribution in [1.29, 1.82) is 0 Å². The van der Waals surface area contributed by atoms with E-state index in [-0.39, 0.29) is 23.0 Å². The van der Waals surface area contributed by atoms with Crippen molar-refractivity contribution in [3.8, 4) is 5.75 Å². The molecule has 90 valence electrons. The first-order valence-electron chi connectivity index (χ1n) is 5.19. The highest BCUT2D eigenvalue weighted by Gasteiger charge is 2.25. The third kappa shape index (κ3) is 2.71. The predicted molar refractivity (Wildman–Crippen MR) is 62.5 cm³/mol. The quantitative estimate of drug-likeness (QED) is 0.614. The number of benzene rings is 1. The zero-order valence-corrected chi connectivity index (χ0v) is 10.2. The number of hydrogen-bond donors (Lipinski definition) is 2. The van der Waals surface area contributed by atoms with Crippen molar-refractivity contribution in [2.24, 2.45) is 11.3 Å². The molecule has 0 heterocycles. The van der Waals surface area contributed by atoms with Gasteiger partial charge in [0.05, 0.1) is 13.2 Å². The number of nitrogens with two attached hydrogens (primary N) is 1. The van der Waals surface area contributed by atoms with E-state index in [4.69, 9.17) is 10.6 Å². The van der Waals surface area contributed by atoms with Crippen LogP contribution in [0.1, 0.15) is 32.4 Å². The van der Waals surface area contributed by atoms with Gasteiger partial charge in [0.25, 0.3) is 0 Å². The van der Waals surface area contributed by atoms with E-state index in [2.05, 4.69) is 26.2 Å². The van der Waals surface area contributed by atoms with Crippen LogP contribution in [0.4, 0.5) is 4.39 Å². The zero-order valence-electron chi connectivity index (χ0n) is 10.2. The van der Waals surface area contributed by atoms with E-state index in [9.17, 15) is 4.39 Å². The summed E-state index contributed by atoms with van der Waals surface area (Å²) in [6.07, 6.45) is 0. The molecular formula is C12H19FN2O. The Morgan fingerprint density at radius 2 is 2.00 bits per heavy atom. The molecule has 0 saturated carbocycles. The van der Waals surface area contributed by atoms with Crippen LogP contribution in [-0.2, 0) is 0 Å². The smallest absolute Gasteiger partial charge is 0.165 e. The molecule has 3 N–H and O–H groups in total. The molecule has 0 aliphatic carbocycles. The maximum absolute atomic E-state index is 13.3. The van der Waals surface area contributed by atoms with Gasteiger partial charge in [-0.3, -0.25) is 11.3 Å². The lowest BCUT2D eigenvalue weighted by Gasteiger charge is -2.30. The Morgan fingerprint density at radius 3 is 2.44 bits per heavy atom. The third-order valence-corrected chi connectivity index (χ3v) is 2.54. The SMILES string of the molecule is COc1cc(C(NN)C(C)(C)C)ccc1F. The molecule has 16 heavy (non-hydrogen) atoms. The summed E-state index contributed by atoms with van der Waals surface area (Å²) in [6, 6.07) is 4.73. The van der Waals surface area contributed by atoms with Crippen LogP contribution in [0.3, 0.4) is 0 Å². The molecule has 0 amide bonds. The van der Waals surface area contributed by atoms with Gasteiger partial charge in [0.2, 0.25) is 0 Å². The van der Waals surface area contributed by atoms with Gasteiger partial charge < -0.3 is 4.74 Å². The molecule has 0 radical (unpaired) electrons. The number of halogens is 1. The Morgan fingerprint density at radius 1 is 1.38 bits per heavy atom. The molecule has 4 heteroatoms.